The van der Waals surface area contributed by atoms with Crippen molar-refractivity contribution in [3.63, 3.8) is 0 Å². The average molecular weight is 358 g/mol. The Hall–Kier alpha value is -2.60. The van der Waals surface area contributed by atoms with E-state index in [0.717, 1.165) is 10.9 Å². The fraction of sp³-hybridized carbons (Fsp3) is 0.211. The van der Waals surface area contributed by atoms with Gasteiger partial charge in [-0.15, -0.1) is 0 Å². The van der Waals surface area contributed by atoms with E-state index >= 15 is 0 Å². The molecular formula is C19H18O5S. The minimum absolute atomic E-state index is 0. The smallest absolute Gasteiger partial charge is 0.374 e. The maximum absolute atomic E-state index is 11.8. The predicted molar refractivity (Wildman–Crippen MR) is 97.1 cm³/mol. The van der Waals surface area contributed by atoms with Gasteiger partial charge in [-0.05, 0) is 24.6 Å². The number of carbonyl (C=O) groups is 1. The van der Waals surface area contributed by atoms with Crippen LogP contribution in [0.25, 0.3) is 11.0 Å². The van der Waals surface area contributed by atoms with Gasteiger partial charge in [-0.3, -0.25) is 0 Å². The molecule has 2 aromatic carbocycles. The Balaban J connectivity index is 0.00000225. The zero-order valence-corrected chi connectivity index (χ0v) is 14.8. The maximum atomic E-state index is 11.8. The molecule has 0 N–H and O–H groups in total. The summed E-state index contributed by atoms with van der Waals surface area (Å²) in [4.78, 5) is 11.8. The van der Waals surface area contributed by atoms with Crippen LogP contribution in [0.15, 0.2) is 52.9 Å². The van der Waals surface area contributed by atoms with Crippen molar-refractivity contribution in [1.82, 2.24) is 0 Å². The summed E-state index contributed by atoms with van der Waals surface area (Å²) in [5, 5.41) is 0.752. The minimum Gasteiger partial charge on any atom is -0.493 e. The third-order valence-electron chi connectivity index (χ3n) is 3.52. The first-order valence-corrected chi connectivity index (χ1v) is 7.66. The lowest BCUT2D eigenvalue weighted by Crippen LogP contribution is -2.02. The molecule has 5 nitrogen and oxygen atoms in total. The number of fused-ring (bicyclic) bond motifs is 1. The van der Waals surface area contributed by atoms with Gasteiger partial charge in [0.2, 0.25) is 5.76 Å². The molecule has 0 amide bonds. The number of carbonyl (C=O) groups excluding carboxylic acids is 1. The van der Waals surface area contributed by atoms with Crippen molar-refractivity contribution >= 4 is 30.4 Å². The van der Waals surface area contributed by atoms with Gasteiger partial charge in [0.1, 0.15) is 12.2 Å². The topological polar surface area (TPSA) is 57.9 Å². The summed E-state index contributed by atoms with van der Waals surface area (Å²) in [5.41, 5.74) is 1.59. The van der Waals surface area contributed by atoms with E-state index < -0.39 is 5.97 Å². The molecule has 3 rings (SSSR count). The van der Waals surface area contributed by atoms with Crippen LogP contribution in [-0.4, -0.2) is 19.7 Å². The number of esters is 1. The number of rotatable bonds is 6. The van der Waals surface area contributed by atoms with Crippen LogP contribution in [-0.2, 0) is 11.3 Å². The van der Waals surface area contributed by atoms with Crippen molar-refractivity contribution in [2.75, 3.05) is 13.7 Å². The molecular weight excluding hydrogens is 340 g/mol. The highest BCUT2D eigenvalue weighted by Gasteiger charge is 2.16. The molecule has 0 fully saturated rings. The second-order valence-electron chi connectivity index (χ2n) is 5.15. The molecule has 3 aromatic rings. The molecule has 0 aliphatic rings. The Morgan fingerprint density at radius 2 is 1.84 bits per heavy atom. The zero-order chi connectivity index (χ0) is 16.9. The summed E-state index contributed by atoms with van der Waals surface area (Å²) >= 11 is 0. The van der Waals surface area contributed by atoms with Crippen LogP contribution in [0.1, 0.15) is 23.0 Å². The second-order valence-corrected chi connectivity index (χ2v) is 5.15. The molecule has 0 saturated heterocycles. The first-order valence-electron chi connectivity index (χ1n) is 7.66. The Morgan fingerprint density at radius 3 is 2.52 bits per heavy atom. The monoisotopic (exact) mass is 358 g/mol. The molecule has 0 aliphatic heterocycles. The largest absolute Gasteiger partial charge is 0.493 e. The van der Waals surface area contributed by atoms with E-state index in [9.17, 15) is 4.79 Å². The lowest BCUT2D eigenvalue weighted by molar-refractivity contribution is 0.0492. The Morgan fingerprint density at radius 1 is 1.08 bits per heavy atom. The molecule has 0 unspecified atom stereocenters. The number of hydrogen-bond donors (Lipinski definition) is 0. The first-order chi connectivity index (χ1) is 11.7. The summed E-state index contributed by atoms with van der Waals surface area (Å²) in [7, 11) is 1.57. The molecule has 0 saturated carbocycles. The second kappa shape index (κ2) is 8.48. The van der Waals surface area contributed by atoms with Gasteiger partial charge < -0.3 is 18.6 Å². The lowest BCUT2D eigenvalue weighted by Gasteiger charge is -2.10. The average Bonchev–Trinajstić information content (AvgIpc) is 3.03. The molecule has 130 valence electrons. The van der Waals surface area contributed by atoms with Gasteiger partial charge in [0.05, 0.1) is 13.7 Å². The van der Waals surface area contributed by atoms with E-state index in [0.29, 0.717) is 30.3 Å². The summed E-state index contributed by atoms with van der Waals surface area (Å²) in [5.74, 6) is 0.807. The molecule has 25 heavy (non-hydrogen) atoms. The fourth-order valence-corrected chi connectivity index (χ4v) is 2.36. The standard InChI is InChI=1S/C19H18O5.S/c1-3-22-19(20)18-10-14-9-16(21-2)17(11-15(14)24-18)23-12-13-7-5-4-6-8-13;/h4-11H,3,12H2,1-2H3;. The van der Waals surface area contributed by atoms with Crippen LogP contribution in [0.2, 0.25) is 0 Å². The van der Waals surface area contributed by atoms with Crippen LogP contribution in [0, 0.1) is 0 Å². The highest BCUT2D eigenvalue weighted by Crippen LogP contribution is 2.34. The van der Waals surface area contributed by atoms with Crippen molar-refractivity contribution in [3.8, 4) is 11.5 Å². The molecule has 0 spiro atoms. The van der Waals surface area contributed by atoms with Crippen LogP contribution < -0.4 is 9.47 Å². The highest BCUT2D eigenvalue weighted by atomic mass is 32.1. The van der Waals surface area contributed by atoms with Gasteiger partial charge in [-0.1, -0.05) is 30.3 Å². The molecule has 0 aliphatic carbocycles. The van der Waals surface area contributed by atoms with Crippen molar-refractivity contribution in [2.45, 2.75) is 13.5 Å². The minimum atomic E-state index is -0.487. The molecule has 6 heteroatoms. The predicted octanol–water partition coefficient (Wildman–Crippen LogP) is 4.85. The van der Waals surface area contributed by atoms with Gasteiger partial charge in [0, 0.05) is 24.9 Å². The zero-order valence-electron chi connectivity index (χ0n) is 14.0. The van der Waals surface area contributed by atoms with Gasteiger partial charge in [-0.25, -0.2) is 4.79 Å². The van der Waals surface area contributed by atoms with Crippen LogP contribution >= 0.6 is 13.5 Å². The number of benzene rings is 2. The summed E-state index contributed by atoms with van der Waals surface area (Å²) in [6, 6.07) is 15.0. The quantitative estimate of drug-likeness (QED) is 0.590. The first kappa shape index (κ1) is 18.7. The fourth-order valence-electron chi connectivity index (χ4n) is 2.36. The van der Waals surface area contributed by atoms with Crippen molar-refractivity contribution in [2.24, 2.45) is 0 Å². The van der Waals surface area contributed by atoms with Crippen LogP contribution in [0.3, 0.4) is 0 Å². The number of furan rings is 1. The van der Waals surface area contributed by atoms with Crippen LogP contribution in [0.5, 0.6) is 11.5 Å². The Bertz CT molecular complexity index is 842. The van der Waals surface area contributed by atoms with E-state index in [1.165, 1.54) is 0 Å². The summed E-state index contributed by atoms with van der Waals surface area (Å²) < 4.78 is 21.7. The summed E-state index contributed by atoms with van der Waals surface area (Å²) in [6.07, 6.45) is 0. The number of methoxy groups -OCH3 is 1. The lowest BCUT2D eigenvalue weighted by atomic mass is 10.2. The van der Waals surface area contributed by atoms with E-state index in [-0.39, 0.29) is 19.3 Å². The van der Waals surface area contributed by atoms with Gasteiger partial charge in [0.25, 0.3) is 0 Å². The molecule has 0 bridgehead atoms. The van der Waals surface area contributed by atoms with E-state index in [1.54, 1.807) is 32.2 Å². The third kappa shape index (κ3) is 4.28. The Kier molecular flexibility index (Phi) is 6.36. The van der Waals surface area contributed by atoms with E-state index in [2.05, 4.69) is 0 Å². The van der Waals surface area contributed by atoms with Gasteiger partial charge in [-0.2, -0.15) is 0 Å². The molecule has 2 radical (unpaired) electrons. The third-order valence-corrected chi connectivity index (χ3v) is 3.52. The van der Waals surface area contributed by atoms with E-state index in [4.69, 9.17) is 18.6 Å². The van der Waals surface area contributed by atoms with Crippen molar-refractivity contribution in [1.29, 1.82) is 0 Å². The van der Waals surface area contributed by atoms with Crippen molar-refractivity contribution < 1.29 is 23.4 Å². The molecule has 1 heterocycles. The normalized spacial score (nSPS) is 10.2. The number of hydrogen-bond acceptors (Lipinski definition) is 5. The van der Waals surface area contributed by atoms with Gasteiger partial charge in [0.15, 0.2) is 11.5 Å². The Labute approximate surface area is 152 Å². The van der Waals surface area contributed by atoms with Crippen LogP contribution in [0.4, 0.5) is 0 Å². The SMILES string of the molecule is CCOC(=O)c1cc2cc(OC)c(OCc3ccccc3)cc2o1.[S]. The molecule has 1 aromatic heterocycles. The highest BCUT2D eigenvalue weighted by molar-refractivity contribution is 7.59. The maximum Gasteiger partial charge on any atom is 0.374 e. The van der Waals surface area contributed by atoms with Crippen molar-refractivity contribution in [3.05, 3.63) is 59.9 Å². The van der Waals surface area contributed by atoms with E-state index in [1.807, 2.05) is 30.3 Å². The number of ether oxygens (including phenoxy) is 3. The van der Waals surface area contributed by atoms with Gasteiger partial charge >= 0.3 is 5.97 Å². The molecule has 0 atom stereocenters. The summed E-state index contributed by atoms with van der Waals surface area (Å²) in [6.45, 7) is 2.46.